The maximum absolute atomic E-state index is 13.3. The van der Waals surface area contributed by atoms with Crippen molar-refractivity contribution in [1.82, 2.24) is 34.9 Å². The molecule has 1 aliphatic rings. The van der Waals surface area contributed by atoms with Gasteiger partial charge >= 0.3 is 6.03 Å². The van der Waals surface area contributed by atoms with Crippen LogP contribution in [0.3, 0.4) is 0 Å². The number of nitrogens with zero attached hydrogens (tertiary/aromatic N) is 7. The van der Waals surface area contributed by atoms with Crippen LogP contribution >= 0.6 is 0 Å². The van der Waals surface area contributed by atoms with Crippen molar-refractivity contribution in [1.29, 1.82) is 0 Å². The van der Waals surface area contributed by atoms with Crippen LogP contribution in [-0.4, -0.2) is 82.1 Å². The molecule has 0 saturated carbocycles. The highest BCUT2D eigenvalue weighted by Gasteiger charge is 2.30. The molecule has 1 aromatic carbocycles. The van der Waals surface area contributed by atoms with Gasteiger partial charge in [-0.05, 0) is 31.5 Å². The van der Waals surface area contributed by atoms with Crippen LogP contribution in [0, 0.1) is 0 Å². The molecule has 0 fully saturated rings. The molecule has 0 unspecified atom stereocenters. The van der Waals surface area contributed by atoms with Crippen molar-refractivity contribution in [2.24, 2.45) is 0 Å². The molecule has 4 rings (SSSR count). The Morgan fingerprint density at radius 2 is 1.67 bits per heavy atom. The SMILES string of the molecule is CC(C)n1nc(C(=O)NCc2ccc(NC(=O)N(C)C)cc2)c2c1CCN(c1ncc(C(=O)N(C)C)cn1)C2. The standard InChI is InChI=1S/C27H35N9O3/c1-17(2)36-22-11-12-35(26-29-14-19(15-30-26)25(38)33(3)4)16-21(22)23(32-36)24(37)28-13-18-7-9-20(10-8-18)31-27(39)34(5)6/h7-10,14-15,17H,11-13,16H2,1-6H3,(H,28,37)(H,31,39). The fourth-order valence-electron chi connectivity index (χ4n) is 4.29. The first-order valence-corrected chi connectivity index (χ1v) is 12.8. The van der Waals surface area contributed by atoms with Crippen molar-refractivity contribution in [2.45, 2.75) is 39.4 Å². The Hall–Kier alpha value is -4.48. The molecule has 1 aliphatic heterocycles. The van der Waals surface area contributed by atoms with Crippen LogP contribution in [0.4, 0.5) is 16.4 Å². The molecule has 3 aromatic rings. The van der Waals surface area contributed by atoms with E-state index < -0.39 is 0 Å². The van der Waals surface area contributed by atoms with Crippen molar-refractivity contribution < 1.29 is 14.4 Å². The molecule has 3 heterocycles. The molecule has 0 atom stereocenters. The van der Waals surface area contributed by atoms with Crippen LogP contribution in [-0.2, 0) is 19.5 Å². The number of aromatic nitrogens is 4. The van der Waals surface area contributed by atoms with E-state index in [2.05, 4.69) is 25.7 Å². The van der Waals surface area contributed by atoms with Crippen molar-refractivity contribution in [2.75, 3.05) is 45.0 Å². The monoisotopic (exact) mass is 533 g/mol. The maximum Gasteiger partial charge on any atom is 0.321 e. The molecule has 2 aromatic heterocycles. The van der Waals surface area contributed by atoms with Gasteiger partial charge in [0.15, 0.2) is 5.69 Å². The van der Waals surface area contributed by atoms with E-state index in [9.17, 15) is 14.4 Å². The molecule has 0 bridgehead atoms. The van der Waals surface area contributed by atoms with Crippen molar-refractivity contribution >= 4 is 29.5 Å². The van der Waals surface area contributed by atoms with E-state index in [0.29, 0.717) is 48.9 Å². The summed E-state index contributed by atoms with van der Waals surface area (Å²) in [4.78, 5) is 51.1. The summed E-state index contributed by atoms with van der Waals surface area (Å²) in [6.07, 6.45) is 3.75. The van der Waals surface area contributed by atoms with Crippen molar-refractivity contribution in [3.8, 4) is 0 Å². The topological polar surface area (TPSA) is 129 Å². The van der Waals surface area contributed by atoms with Crippen LogP contribution in [0.25, 0.3) is 0 Å². The second kappa shape index (κ2) is 11.5. The van der Waals surface area contributed by atoms with Gasteiger partial charge in [0.25, 0.3) is 11.8 Å². The van der Waals surface area contributed by atoms with E-state index in [1.165, 1.54) is 22.2 Å². The van der Waals surface area contributed by atoms with E-state index >= 15 is 0 Å². The van der Waals surface area contributed by atoms with Crippen LogP contribution in [0.1, 0.15) is 57.6 Å². The van der Waals surface area contributed by atoms with Gasteiger partial charge in [-0.3, -0.25) is 14.3 Å². The van der Waals surface area contributed by atoms with Crippen molar-refractivity contribution in [3.63, 3.8) is 0 Å². The fourth-order valence-corrected chi connectivity index (χ4v) is 4.29. The minimum absolute atomic E-state index is 0.101. The lowest BCUT2D eigenvalue weighted by Crippen LogP contribution is -2.34. The largest absolute Gasteiger partial charge is 0.347 e. The average Bonchev–Trinajstić information content (AvgIpc) is 3.31. The third kappa shape index (κ3) is 6.16. The summed E-state index contributed by atoms with van der Waals surface area (Å²) in [6.45, 7) is 5.51. The Labute approximate surface area is 228 Å². The highest BCUT2D eigenvalue weighted by molar-refractivity contribution is 5.94. The molecular weight excluding hydrogens is 498 g/mol. The molecule has 0 aliphatic carbocycles. The molecule has 2 N–H and O–H groups in total. The van der Waals surface area contributed by atoms with Crippen LogP contribution in [0.2, 0.25) is 0 Å². The number of urea groups is 1. The van der Waals surface area contributed by atoms with Gasteiger partial charge in [-0.15, -0.1) is 0 Å². The van der Waals surface area contributed by atoms with E-state index in [0.717, 1.165) is 16.8 Å². The highest BCUT2D eigenvalue weighted by atomic mass is 16.2. The van der Waals surface area contributed by atoms with E-state index in [-0.39, 0.29) is 23.9 Å². The van der Waals surface area contributed by atoms with Gasteiger partial charge < -0.3 is 25.3 Å². The summed E-state index contributed by atoms with van der Waals surface area (Å²) >= 11 is 0. The van der Waals surface area contributed by atoms with Crippen molar-refractivity contribution in [3.05, 3.63) is 64.7 Å². The number of fused-ring (bicyclic) bond motifs is 1. The zero-order chi connectivity index (χ0) is 28.3. The molecule has 12 heteroatoms. The van der Waals surface area contributed by atoms with Gasteiger partial charge in [0, 0.05) is 83.1 Å². The Bertz CT molecular complexity index is 1350. The fraction of sp³-hybridized carbons (Fsp3) is 0.407. The first kappa shape index (κ1) is 27.6. The third-order valence-corrected chi connectivity index (χ3v) is 6.43. The summed E-state index contributed by atoms with van der Waals surface area (Å²) in [5, 5.41) is 10.5. The molecule has 206 valence electrons. The Morgan fingerprint density at radius 3 is 2.26 bits per heavy atom. The smallest absolute Gasteiger partial charge is 0.321 e. The second-order valence-electron chi connectivity index (χ2n) is 10.2. The van der Waals surface area contributed by atoms with Gasteiger partial charge in [0.2, 0.25) is 5.95 Å². The quantitative estimate of drug-likeness (QED) is 0.478. The number of carbonyl (C=O) groups excluding carboxylic acids is 3. The number of hydrogen-bond acceptors (Lipinski definition) is 7. The number of benzene rings is 1. The zero-order valence-electron chi connectivity index (χ0n) is 23.2. The summed E-state index contributed by atoms with van der Waals surface area (Å²) in [6, 6.07) is 7.21. The Balaban J connectivity index is 1.48. The Morgan fingerprint density at radius 1 is 1.00 bits per heavy atom. The average molecular weight is 534 g/mol. The molecule has 39 heavy (non-hydrogen) atoms. The minimum Gasteiger partial charge on any atom is -0.347 e. The number of rotatable bonds is 7. The molecule has 12 nitrogen and oxygen atoms in total. The predicted octanol–water partition coefficient (Wildman–Crippen LogP) is 2.54. The van der Waals surface area contributed by atoms with Crippen LogP contribution in [0.15, 0.2) is 36.7 Å². The van der Waals surface area contributed by atoms with Gasteiger partial charge in [-0.1, -0.05) is 12.1 Å². The summed E-state index contributed by atoms with van der Waals surface area (Å²) < 4.78 is 1.92. The van der Waals surface area contributed by atoms with Gasteiger partial charge in [0.05, 0.1) is 12.1 Å². The molecule has 4 amide bonds. The minimum atomic E-state index is -0.259. The lowest BCUT2D eigenvalue weighted by Gasteiger charge is -2.28. The van der Waals surface area contributed by atoms with Gasteiger partial charge in [0.1, 0.15) is 0 Å². The molecule has 0 radical (unpaired) electrons. The maximum atomic E-state index is 13.3. The number of hydrogen-bond donors (Lipinski definition) is 2. The van der Waals surface area contributed by atoms with Gasteiger partial charge in [-0.2, -0.15) is 5.10 Å². The lowest BCUT2D eigenvalue weighted by atomic mass is 10.0. The summed E-state index contributed by atoms with van der Waals surface area (Å²) in [5.74, 6) is 0.0824. The van der Waals surface area contributed by atoms with E-state index in [4.69, 9.17) is 0 Å². The number of nitrogens with one attached hydrogen (secondary N) is 2. The molecule has 0 saturated heterocycles. The molecular formula is C27H35N9O3. The first-order chi connectivity index (χ1) is 18.5. The van der Waals surface area contributed by atoms with Gasteiger partial charge in [-0.25, -0.2) is 14.8 Å². The van der Waals surface area contributed by atoms with E-state index in [1.54, 1.807) is 40.3 Å². The summed E-state index contributed by atoms with van der Waals surface area (Å²) in [7, 11) is 6.72. The molecule has 0 spiro atoms. The van der Waals surface area contributed by atoms with Crippen LogP contribution in [0.5, 0.6) is 0 Å². The number of anilines is 2. The highest BCUT2D eigenvalue weighted by Crippen LogP contribution is 2.27. The number of carbonyl (C=O) groups is 3. The first-order valence-electron chi connectivity index (χ1n) is 12.8. The third-order valence-electron chi connectivity index (χ3n) is 6.43. The normalized spacial score (nSPS) is 12.6. The predicted molar refractivity (Wildman–Crippen MR) is 148 cm³/mol. The zero-order valence-corrected chi connectivity index (χ0v) is 23.2. The Kier molecular flexibility index (Phi) is 8.12. The lowest BCUT2D eigenvalue weighted by molar-refractivity contribution is 0.0826. The second-order valence-corrected chi connectivity index (χ2v) is 10.2. The number of amides is 4. The van der Waals surface area contributed by atoms with Crippen LogP contribution < -0.4 is 15.5 Å². The summed E-state index contributed by atoms with van der Waals surface area (Å²) in [5.41, 5.74) is 4.26. The van der Waals surface area contributed by atoms with E-state index in [1.807, 2.05) is 35.6 Å².